The second-order valence-corrected chi connectivity index (χ2v) is 23.4. The maximum atomic E-state index is 12.9. The first-order valence-electron chi connectivity index (χ1n) is 34.8. The predicted molar refractivity (Wildman–Crippen MR) is 344 cm³/mol. The fourth-order valence-electron chi connectivity index (χ4n) is 10.4. The summed E-state index contributed by atoms with van der Waals surface area (Å²) in [6, 6.07) is 0. The molecule has 0 radical (unpaired) electrons. The summed E-state index contributed by atoms with van der Waals surface area (Å²) in [5.74, 6) is -0.839. The van der Waals surface area contributed by atoms with E-state index in [1.54, 1.807) is 0 Å². The lowest BCUT2D eigenvalue weighted by Crippen LogP contribution is -2.30. The van der Waals surface area contributed by atoms with Crippen molar-refractivity contribution < 1.29 is 28.6 Å². The highest BCUT2D eigenvalue weighted by Gasteiger charge is 2.19. The van der Waals surface area contributed by atoms with Crippen molar-refractivity contribution in [2.24, 2.45) is 0 Å². The Bertz CT molecular complexity index is 1410. The van der Waals surface area contributed by atoms with Gasteiger partial charge in [-0.2, -0.15) is 0 Å². The minimum absolute atomic E-state index is 0.0660. The molecule has 0 spiro atoms. The van der Waals surface area contributed by atoms with Crippen molar-refractivity contribution in [3.05, 3.63) is 60.8 Å². The molecule has 1 unspecified atom stereocenters. The summed E-state index contributed by atoms with van der Waals surface area (Å²) in [5, 5.41) is 0. The second kappa shape index (κ2) is 67.6. The van der Waals surface area contributed by atoms with Crippen LogP contribution < -0.4 is 0 Å². The third-order valence-electron chi connectivity index (χ3n) is 15.5. The van der Waals surface area contributed by atoms with Gasteiger partial charge < -0.3 is 14.2 Å². The Labute approximate surface area is 491 Å². The van der Waals surface area contributed by atoms with Crippen LogP contribution in [0.3, 0.4) is 0 Å². The molecule has 0 aliphatic rings. The molecule has 0 heterocycles. The first kappa shape index (κ1) is 76.1. The number of esters is 3. The van der Waals surface area contributed by atoms with Crippen LogP contribution in [-0.4, -0.2) is 37.2 Å². The molecular formula is C73H132O6. The van der Waals surface area contributed by atoms with E-state index in [0.29, 0.717) is 19.3 Å². The normalized spacial score (nSPS) is 12.4. The number of hydrogen-bond donors (Lipinski definition) is 0. The minimum Gasteiger partial charge on any atom is -0.462 e. The van der Waals surface area contributed by atoms with Crippen molar-refractivity contribution in [3.8, 4) is 0 Å². The zero-order valence-electron chi connectivity index (χ0n) is 52.9. The van der Waals surface area contributed by atoms with Crippen LogP contribution in [0.5, 0.6) is 0 Å². The van der Waals surface area contributed by atoms with E-state index in [0.717, 1.165) is 89.9 Å². The molecular weight excluding hydrogens is 973 g/mol. The fraction of sp³-hybridized carbons (Fsp3) is 0.822. The predicted octanol–water partition coefficient (Wildman–Crippen LogP) is 23.9. The summed E-state index contributed by atoms with van der Waals surface area (Å²) in [6.45, 7) is 6.59. The van der Waals surface area contributed by atoms with Crippen LogP contribution in [0.15, 0.2) is 60.8 Å². The van der Waals surface area contributed by atoms with Gasteiger partial charge in [-0.15, -0.1) is 0 Å². The van der Waals surface area contributed by atoms with E-state index in [4.69, 9.17) is 14.2 Å². The monoisotopic (exact) mass is 1110 g/mol. The molecule has 0 aliphatic carbocycles. The Kier molecular flexibility index (Phi) is 65.1. The highest BCUT2D eigenvalue weighted by Crippen LogP contribution is 2.18. The molecule has 0 aromatic heterocycles. The van der Waals surface area contributed by atoms with Crippen LogP contribution >= 0.6 is 0 Å². The van der Waals surface area contributed by atoms with Gasteiger partial charge in [0.15, 0.2) is 6.10 Å². The number of rotatable bonds is 64. The number of carbonyl (C=O) groups is 3. The van der Waals surface area contributed by atoms with Crippen molar-refractivity contribution in [1.82, 2.24) is 0 Å². The van der Waals surface area contributed by atoms with Gasteiger partial charge in [0, 0.05) is 19.3 Å². The van der Waals surface area contributed by atoms with Gasteiger partial charge in [0.05, 0.1) is 0 Å². The summed E-state index contributed by atoms with van der Waals surface area (Å²) in [5.41, 5.74) is 0. The average Bonchev–Trinajstić information content (AvgIpc) is 3.45. The van der Waals surface area contributed by atoms with Gasteiger partial charge in [-0.3, -0.25) is 14.4 Å². The lowest BCUT2D eigenvalue weighted by molar-refractivity contribution is -0.167. The van der Waals surface area contributed by atoms with E-state index in [2.05, 4.69) is 81.5 Å². The summed E-state index contributed by atoms with van der Waals surface area (Å²) >= 11 is 0. The maximum absolute atomic E-state index is 12.9. The summed E-state index contributed by atoms with van der Waals surface area (Å²) in [7, 11) is 0. The van der Waals surface area contributed by atoms with Crippen LogP contribution in [-0.2, 0) is 28.6 Å². The SMILES string of the molecule is CC/C=C\C/C=C\C/C=C\C/C=C\C/C=C\CCCCCCCCCCCCCCCCCCCC(=O)OCC(COC(=O)CCCCCCCCCCCCCCCC)OC(=O)CCCCCCCCCCCCCCCC. The smallest absolute Gasteiger partial charge is 0.306 e. The molecule has 0 fully saturated rings. The Balaban J connectivity index is 4.12. The Hall–Kier alpha value is -2.89. The first-order valence-corrected chi connectivity index (χ1v) is 34.8. The maximum Gasteiger partial charge on any atom is 0.306 e. The molecule has 0 N–H and O–H groups in total. The molecule has 79 heavy (non-hydrogen) atoms. The van der Waals surface area contributed by atoms with Crippen LogP contribution in [0, 0.1) is 0 Å². The van der Waals surface area contributed by atoms with E-state index in [-0.39, 0.29) is 31.1 Å². The molecule has 460 valence electrons. The fourth-order valence-corrected chi connectivity index (χ4v) is 10.4. The van der Waals surface area contributed by atoms with Crippen molar-refractivity contribution in [1.29, 1.82) is 0 Å². The molecule has 0 rings (SSSR count). The van der Waals surface area contributed by atoms with E-state index < -0.39 is 6.10 Å². The summed E-state index contributed by atoms with van der Waals surface area (Å²) in [4.78, 5) is 38.3. The zero-order chi connectivity index (χ0) is 57.1. The topological polar surface area (TPSA) is 78.9 Å². The largest absolute Gasteiger partial charge is 0.462 e. The highest BCUT2D eigenvalue weighted by atomic mass is 16.6. The third kappa shape index (κ3) is 65.8. The quantitative estimate of drug-likeness (QED) is 0.0261. The number of allylic oxidation sites excluding steroid dienone is 10. The minimum atomic E-state index is -0.768. The van der Waals surface area contributed by atoms with E-state index in [1.165, 1.54) is 238 Å². The van der Waals surface area contributed by atoms with Crippen LogP contribution in [0.1, 0.15) is 367 Å². The number of hydrogen-bond acceptors (Lipinski definition) is 6. The van der Waals surface area contributed by atoms with Gasteiger partial charge in [-0.25, -0.2) is 0 Å². The van der Waals surface area contributed by atoms with Crippen LogP contribution in [0.2, 0.25) is 0 Å². The molecule has 0 saturated carbocycles. The van der Waals surface area contributed by atoms with Gasteiger partial charge in [0.2, 0.25) is 0 Å². The van der Waals surface area contributed by atoms with Crippen molar-refractivity contribution in [2.75, 3.05) is 13.2 Å². The molecule has 6 heteroatoms. The van der Waals surface area contributed by atoms with Gasteiger partial charge in [-0.1, -0.05) is 345 Å². The van der Waals surface area contributed by atoms with Gasteiger partial charge in [-0.05, 0) is 64.2 Å². The lowest BCUT2D eigenvalue weighted by atomic mass is 10.0. The molecule has 1 atom stereocenters. The Morgan fingerprint density at radius 1 is 0.266 bits per heavy atom. The Morgan fingerprint density at radius 2 is 0.494 bits per heavy atom. The van der Waals surface area contributed by atoms with Gasteiger partial charge >= 0.3 is 17.9 Å². The summed E-state index contributed by atoms with van der Waals surface area (Å²) < 4.78 is 17.0. The Morgan fingerprint density at radius 3 is 0.772 bits per heavy atom. The summed E-state index contributed by atoms with van der Waals surface area (Å²) in [6.07, 6.45) is 86.8. The van der Waals surface area contributed by atoms with E-state index >= 15 is 0 Å². The zero-order valence-corrected chi connectivity index (χ0v) is 52.9. The lowest BCUT2D eigenvalue weighted by Gasteiger charge is -2.18. The van der Waals surface area contributed by atoms with Crippen molar-refractivity contribution in [3.63, 3.8) is 0 Å². The van der Waals surface area contributed by atoms with E-state index in [1.807, 2.05) is 0 Å². The first-order chi connectivity index (χ1) is 39.0. The molecule has 0 saturated heterocycles. The average molecular weight is 1110 g/mol. The van der Waals surface area contributed by atoms with Crippen molar-refractivity contribution >= 4 is 17.9 Å². The van der Waals surface area contributed by atoms with Crippen molar-refractivity contribution in [2.45, 2.75) is 374 Å². The number of unbranched alkanes of at least 4 members (excludes halogenated alkanes) is 43. The van der Waals surface area contributed by atoms with E-state index in [9.17, 15) is 14.4 Å². The second-order valence-electron chi connectivity index (χ2n) is 23.4. The number of ether oxygens (including phenoxy) is 3. The standard InChI is InChI=1S/C73H132O6/c1-4-7-10-13-16-19-22-25-28-29-30-31-32-33-34-35-36-37-38-39-40-41-42-43-44-45-46-49-51-54-57-60-63-66-72(75)78-69-70(79-73(76)67-64-61-58-55-52-48-27-24-21-18-15-12-9-6-3)68-77-71(74)65-62-59-56-53-50-47-26-23-20-17-14-11-8-5-2/h7,10,16,19,25,28,30-31,33-34,70H,4-6,8-9,11-15,17-18,20-24,26-27,29,32,35-69H2,1-3H3/b10-7-,19-16-,28-25-,31-30-,34-33-. The molecule has 0 aliphatic heterocycles. The van der Waals surface area contributed by atoms with Gasteiger partial charge in [0.25, 0.3) is 0 Å². The molecule has 0 aromatic rings. The van der Waals surface area contributed by atoms with Crippen LogP contribution in [0.25, 0.3) is 0 Å². The molecule has 0 bridgehead atoms. The highest BCUT2D eigenvalue weighted by molar-refractivity contribution is 5.71. The number of carbonyl (C=O) groups excluding carboxylic acids is 3. The van der Waals surface area contributed by atoms with Gasteiger partial charge in [0.1, 0.15) is 13.2 Å². The molecule has 0 amide bonds. The van der Waals surface area contributed by atoms with Crippen LogP contribution in [0.4, 0.5) is 0 Å². The molecule has 0 aromatic carbocycles. The molecule has 6 nitrogen and oxygen atoms in total. The third-order valence-corrected chi connectivity index (χ3v) is 15.5.